The molecular weight excluding hydrogens is 255 g/mol. The topological polar surface area (TPSA) is 32.3 Å². The fourth-order valence-electron chi connectivity index (χ4n) is 1.24. The van der Waals surface area contributed by atoms with Gasteiger partial charge in [-0.05, 0) is 30.7 Å². The first-order chi connectivity index (χ1) is 7.84. The minimum atomic E-state index is -4.37. The molecule has 1 aromatic rings. The summed E-state index contributed by atoms with van der Waals surface area (Å²) in [4.78, 5) is 0. The first-order valence-electron chi connectivity index (χ1n) is 5.04. The van der Waals surface area contributed by atoms with Gasteiger partial charge in [-0.25, -0.2) is 0 Å². The number of benzene rings is 1. The second-order valence-corrected chi connectivity index (χ2v) is 4.18. The molecule has 0 heterocycles. The maximum Gasteiger partial charge on any atom is 0.416 e. The fourth-order valence-corrected chi connectivity index (χ4v) is 1.42. The van der Waals surface area contributed by atoms with Crippen molar-refractivity contribution in [3.8, 4) is 0 Å². The molecule has 0 aromatic heterocycles. The van der Waals surface area contributed by atoms with Crippen LogP contribution in [-0.4, -0.2) is 17.8 Å². The largest absolute Gasteiger partial charge is 0.416 e. The van der Waals surface area contributed by atoms with Crippen LogP contribution < -0.4 is 5.32 Å². The molecule has 17 heavy (non-hydrogen) atoms. The third-order valence-corrected chi connectivity index (χ3v) is 2.66. The molecule has 0 aliphatic heterocycles. The fraction of sp³-hybridized carbons (Fsp3) is 0.455. The summed E-state index contributed by atoms with van der Waals surface area (Å²) in [6, 6.07) is 2.99. The molecule has 0 radical (unpaired) electrons. The zero-order chi connectivity index (χ0) is 13.1. The van der Waals surface area contributed by atoms with E-state index in [1.165, 1.54) is 6.07 Å². The summed E-state index contributed by atoms with van der Waals surface area (Å²) in [6.45, 7) is 1.82. The lowest BCUT2D eigenvalue weighted by atomic mass is 10.1. The smallest absolute Gasteiger partial charge is 0.395 e. The summed E-state index contributed by atoms with van der Waals surface area (Å²) < 4.78 is 37.4. The summed E-state index contributed by atoms with van der Waals surface area (Å²) >= 11 is 5.80. The number of nitrogens with one attached hydrogen (secondary N) is 1. The van der Waals surface area contributed by atoms with Crippen LogP contribution in [0.15, 0.2) is 18.2 Å². The van der Waals surface area contributed by atoms with Crippen LogP contribution in [0.4, 0.5) is 13.2 Å². The van der Waals surface area contributed by atoms with Crippen LogP contribution in [0.1, 0.15) is 18.1 Å². The van der Waals surface area contributed by atoms with Crippen molar-refractivity contribution in [3.63, 3.8) is 0 Å². The van der Waals surface area contributed by atoms with Gasteiger partial charge in [-0.2, -0.15) is 13.2 Å². The molecule has 1 atom stereocenters. The molecule has 0 aliphatic carbocycles. The normalized spacial score (nSPS) is 13.8. The van der Waals surface area contributed by atoms with Gasteiger partial charge in [0.2, 0.25) is 0 Å². The summed E-state index contributed by atoms with van der Waals surface area (Å²) in [5.74, 6) is 0. The third-order valence-electron chi connectivity index (χ3n) is 2.29. The van der Waals surface area contributed by atoms with E-state index in [9.17, 15) is 13.2 Å². The highest BCUT2D eigenvalue weighted by molar-refractivity contribution is 6.31. The van der Waals surface area contributed by atoms with Crippen molar-refractivity contribution in [1.29, 1.82) is 0 Å². The van der Waals surface area contributed by atoms with Crippen LogP contribution in [-0.2, 0) is 12.7 Å². The zero-order valence-electron chi connectivity index (χ0n) is 9.18. The van der Waals surface area contributed by atoms with Crippen molar-refractivity contribution in [3.05, 3.63) is 34.3 Å². The van der Waals surface area contributed by atoms with Crippen molar-refractivity contribution in [2.75, 3.05) is 6.61 Å². The number of hydrogen-bond donors (Lipinski definition) is 2. The zero-order valence-corrected chi connectivity index (χ0v) is 9.94. The van der Waals surface area contributed by atoms with Gasteiger partial charge >= 0.3 is 6.18 Å². The Labute approximate surface area is 102 Å². The average molecular weight is 268 g/mol. The third kappa shape index (κ3) is 4.18. The van der Waals surface area contributed by atoms with Gasteiger partial charge in [0.25, 0.3) is 0 Å². The monoisotopic (exact) mass is 267 g/mol. The van der Waals surface area contributed by atoms with Gasteiger partial charge in [-0.3, -0.25) is 0 Å². The quantitative estimate of drug-likeness (QED) is 0.879. The molecule has 96 valence electrons. The molecule has 2 N–H and O–H groups in total. The van der Waals surface area contributed by atoms with Crippen LogP contribution in [0.5, 0.6) is 0 Å². The van der Waals surface area contributed by atoms with Crippen LogP contribution >= 0.6 is 11.6 Å². The van der Waals surface area contributed by atoms with E-state index in [2.05, 4.69) is 5.32 Å². The predicted octanol–water partition coefficient (Wildman–Crippen LogP) is 2.83. The van der Waals surface area contributed by atoms with E-state index in [0.29, 0.717) is 5.56 Å². The first kappa shape index (κ1) is 14.3. The van der Waals surface area contributed by atoms with E-state index in [0.717, 1.165) is 12.1 Å². The van der Waals surface area contributed by atoms with Crippen molar-refractivity contribution in [1.82, 2.24) is 5.32 Å². The lowest BCUT2D eigenvalue weighted by Gasteiger charge is -2.13. The van der Waals surface area contributed by atoms with Crippen LogP contribution in [0, 0.1) is 0 Å². The van der Waals surface area contributed by atoms with Gasteiger partial charge in [0.1, 0.15) is 0 Å². The highest BCUT2D eigenvalue weighted by atomic mass is 35.5. The minimum absolute atomic E-state index is 0.0867. The Morgan fingerprint density at radius 3 is 2.59 bits per heavy atom. The Kier molecular flexibility index (Phi) is 4.80. The van der Waals surface area contributed by atoms with Crippen molar-refractivity contribution >= 4 is 11.6 Å². The second kappa shape index (κ2) is 5.71. The van der Waals surface area contributed by atoms with Crippen LogP contribution in [0.25, 0.3) is 0 Å². The minimum Gasteiger partial charge on any atom is -0.395 e. The van der Waals surface area contributed by atoms with E-state index in [1.54, 1.807) is 6.92 Å². The van der Waals surface area contributed by atoms with Crippen LogP contribution in [0.3, 0.4) is 0 Å². The molecule has 1 aromatic carbocycles. The molecule has 0 saturated carbocycles. The first-order valence-corrected chi connectivity index (χ1v) is 5.42. The van der Waals surface area contributed by atoms with E-state index < -0.39 is 11.7 Å². The highest BCUT2D eigenvalue weighted by Gasteiger charge is 2.30. The van der Waals surface area contributed by atoms with Gasteiger partial charge in [0.15, 0.2) is 0 Å². The van der Waals surface area contributed by atoms with Crippen molar-refractivity contribution in [2.45, 2.75) is 25.7 Å². The molecule has 0 unspecified atom stereocenters. The molecule has 0 aliphatic rings. The average Bonchev–Trinajstić information content (AvgIpc) is 2.26. The lowest BCUT2D eigenvalue weighted by Crippen LogP contribution is -2.28. The molecule has 6 heteroatoms. The number of hydrogen-bond acceptors (Lipinski definition) is 2. The second-order valence-electron chi connectivity index (χ2n) is 3.77. The van der Waals surface area contributed by atoms with E-state index in [1.807, 2.05) is 0 Å². The SMILES string of the molecule is C[C@H](CO)NCc1cc(C(F)(F)F)ccc1Cl. The lowest BCUT2D eigenvalue weighted by molar-refractivity contribution is -0.137. The Morgan fingerprint density at radius 2 is 2.06 bits per heavy atom. The number of aliphatic hydroxyl groups is 1. The maximum atomic E-state index is 12.5. The summed E-state index contributed by atoms with van der Waals surface area (Å²) in [5, 5.41) is 11.9. The van der Waals surface area contributed by atoms with Gasteiger partial charge < -0.3 is 10.4 Å². The molecule has 0 fully saturated rings. The molecule has 0 bridgehead atoms. The number of halogens is 4. The Hall–Kier alpha value is -0.780. The summed E-state index contributed by atoms with van der Waals surface area (Å²) in [7, 11) is 0. The van der Waals surface area contributed by atoms with Crippen molar-refractivity contribution < 1.29 is 18.3 Å². The van der Waals surface area contributed by atoms with E-state index in [4.69, 9.17) is 16.7 Å². The van der Waals surface area contributed by atoms with E-state index >= 15 is 0 Å². The molecular formula is C11H13ClF3NO. The van der Waals surface area contributed by atoms with Gasteiger partial charge in [-0.1, -0.05) is 11.6 Å². The molecule has 0 spiro atoms. The number of alkyl halides is 3. The number of aliphatic hydroxyl groups excluding tert-OH is 1. The number of rotatable bonds is 4. The molecule has 1 rings (SSSR count). The maximum absolute atomic E-state index is 12.5. The van der Waals surface area contributed by atoms with Gasteiger partial charge in [0, 0.05) is 17.6 Å². The Morgan fingerprint density at radius 1 is 1.41 bits per heavy atom. The Bertz CT molecular complexity index is 381. The van der Waals surface area contributed by atoms with Crippen molar-refractivity contribution in [2.24, 2.45) is 0 Å². The summed E-state index contributed by atoms with van der Waals surface area (Å²) in [6.07, 6.45) is -4.37. The van der Waals surface area contributed by atoms with E-state index in [-0.39, 0.29) is 24.2 Å². The predicted molar refractivity (Wildman–Crippen MR) is 59.8 cm³/mol. The molecule has 0 amide bonds. The standard InChI is InChI=1S/C11H13ClF3NO/c1-7(6-17)16-5-8-4-9(11(13,14)15)2-3-10(8)12/h2-4,7,16-17H,5-6H2,1H3/t7-/m1/s1. The van der Waals surface area contributed by atoms with Gasteiger partial charge in [0.05, 0.1) is 12.2 Å². The molecule has 2 nitrogen and oxygen atoms in total. The van der Waals surface area contributed by atoms with Crippen LogP contribution in [0.2, 0.25) is 5.02 Å². The van der Waals surface area contributed by atoms with Gasteiger partial charge in [-0.15, -0.1) is 0 Å². The summed E-state index contributed by atoms with van der Waals surface area (Å²) in [5.41, 5.74) is -0.364. The Balaban J connectivity index is 2.84. The molecule has 0 saturated heterocycles. The highest BCUT2D eigenvalue weighted by Crippen LogP contribution is 2.31.